The molecule has 0 spiro atoms. The van der Waals surface area contributed by atoms with Crippen molar-refractivity contribution in [2.45, 2.75) is 0 Å². The highest BCUT2D eigenvalue weighted by Crippen LogP contribution is 2.25. The van der Waals surface area contributed by atoms with E-state index in [-0.39, 0.29) is 16.8 Å². The van der Waals surface area contributed by atoms with Gasteiger partial charge in [-0.15, -0.1) is 5.75 Å². The van der Waals surface area contributed by atoms with Gasteiger partial charge in [-0.25, -0.2) is 4.79 Å². The summed E-state index contributed by atoms with van der Waals surface area (Å²) >= 11 is 3.26. The van der Waals surface area contributed by atoms with Gasteiger partial charge < -0.3 is 20.3 Å². The van der Waals surface area contributed by atoms with Gasteiger partial charge in [0.2, 0.25) is 0 Å². The summed E-state index contributed by atoms with van der Waals surface area (Å²) in [7, 11) is 1.43. The Bertz CT molecular complexity index is 745. The molecule has 0 saturated carbocycles. The van der Waals surface area contributed by atoms with Crippen LogP contribution in [0.2, 0.25) is 0 Å². The highest BCUT2D eigenvalue weighted by molar-refractivity contribution is 9.10. The summed E-state index contributed by atoms with van der Waals surface area (Å²) < 4.78 is 5.78. The molecule has 2 aromatic rings. The zero-order valence-electron chi connectivity index (χ0n) is 11.4. The molecule has 2 N–H and O–H groups in total. The lowest BCUT2D eigenvalue weighted by molar-refractivity contribution is -0.268. The normalized spacial score (nSPS) is 10.1. The van der Waals surface area contributed by atoms with Crippen LogP contribution in [0.15, 0.2) is 40.9 Å². The van der Waals surface area contributed by atoms with Gasteiger partial charge in [-0.05, 0) is 24.3 Å². The third-order valence-electron chi connectivity index (χ3n) is 2.88. The molecule has 7 heteroatoms. The fourth-order valence-corrected chi connectivity index (χ4v) is 2.22. The zero-order valence-corrected chi connectivity index (χ0v) is 13.0. The molecule has 22 heavy (non-hydrogen) atoms. The highest BCUT2D eigenvalue weighted by atomic mass is 79.9. The first-order valence-electron chi connectivity index (χ1n) is 6.11. The smallest absolute Gasteiger partial charge is 0.337 e. The van der Waals surface area contributed by atoms with E-state index < -0.39 is 17.6 Å². The van der Waals surface area contributed by atoms with Crippen LogP contribution in [-0.4, -0.2) is 24.1 Å². The molecule has 114 valence electrons. The van der Waals surface area contributed by atoms with Crippen LogP contribution in [0.3, 0.4) is 0 Å². The van der Waals surface area contributed by atoms with E-state index in [1.165, 1.54) is 19.2 Å². The van der Waals surface area contributed by atoms with E-state index in [0.29, 0.717) is 10.2 Å². The largest absolute Gasteiger partial charge is 0.872 e. The average molecular weight is 365 g/mol. The van der Waals surface area contributed by atoms with Gasteiger partial charge in [-0.3, -0.25) is 4.79 Å². The predicted octanol–water partition coefficient (Wildman–Crippen LogP) is 2.48. The van der Waals surface area contributed by atoms with Gasteiger partial charge in [0.25, 0.3) is 5.91 Å². The molecule has 0 atom stereocenters. The number of carboxylic acid groups (broad SMARTS) is 1. The number of hydrogen-bond donors (Lipinski definition) is 2. The number of carboxylic acids is 1. The molecule has 0 aliphatic rings. The molecular formula is C15H11BrNO5-. The van der Waals surface area contributed by atoms with Crippen molar-refractivity contribution in [2.75, 3.05) is 12.4 Å². The van der Waals surface area contributed by atoms with Gasteiger partial charge in [0.05, 0.1) is 23.9 Å². The van der Waals surface area contributed by atoms with Gasteiger partial charge in [0, 0.05) is 4.47 Å². The Kier molecular flexibility index (Phi) is 4.67. The number of carbonyl (C=O) groups is 2. The standard InChI is InChI=1S/C15H12BrNO5/c1-22-13-5-2-8(16)6-11(13)14(19)17-12-4-3-9(18)7-10(12)15(20)21/h2-7,18H,1H3,(H,17,19)(H,20,21)/p-1. The third kappa shape index (κ3) is 3.37. The van der Waals surface area contributed by atoms with Gasteiger partial charge in [-0.1, -0.05) is 28.1 Å². The molecule has 0 aromatic heterocycles. The Morgan fingerprint density at radius 3 is 2.55 bits per heavy atom. The first kappa shape index (κ1) is 15.8. The minimum atomic E-state index is -1.30. The van der Waals surface area contributed by atoms with Crippen molar-refractivity contribution >= 4 is 33.5 Å². The van der Waals surface area contributed by atoms with Crippen molar-refractivity contribution in [1.82, 2.24) is 0 Å². The lowest BCUT2D eigenvalue weighted by Crippen LogP contribution is -2.16. The predicted molar refractivity (Wildman–Crippen MR) is 81.5 cm³/mol. The Morgan fingerprint density at radius 2 is 1.91 bits per heavy atom. The summed E-state index contributed by atoms with van der Waals surface area (Å²) in [5.74, 6) is -1.94. The number of hydrogen-bond acceptors (Lipinski definition) is 4. The number of methoxy groups -OCH3 is 1. The average Bonchev–Trinajstić information content (AvgIpc) is 2.48. The molecule has 0 saturated heterocycles. The lowest BCUT2D eigenvalue weighted by atomic mass is 10.1. The topological polar surface area (TPSA) is 98.7 Å². The summed E-state index contributed by atoms with van der Waals surface area (Å²) in [5, 5.41) is 22.8. The summed E-state index contributed by atoms with van der Waals surface area (Å²) in [5.41, 5.74) is 0.00774. The van der Waals surface area contributed by atoms with Gasteiger partial charge >= 0.3 is 5.97 Å². The molecule has 0 bridgehead atoms. The Morgan fingerprint density at radius 1 is 1.18 bits per heavy atom. The van der Waals surface area contributed by atoms with Crippen molar-refractivity contribution in [2.24, 2.45) is 0 Å². The second-order valence-corrected chi connectivity index (χ2v) is 5.23. The van der Waals surface area contributed by atoms with Crippen LogP contribution in [0.5, 0.6) is 11.5 Å². The number of amides is 1. The van der Waals surface area contributed by atoms with Gasteiger partial charge in [0.15, 0.2) is 0 Å². The van der Waals surface area contributed by atoms with Crippen LogP contribution >= 0.6 is 15.9 Å². The molecule has 1 amide bonds. The number of aromatic carboxylic acids is 1. The number of carbonyl (C=O) groups excluding carboxylic acids is 1. The van der Waals surface area contributed by atoms with Crippen molar-refractivity contribution in [3.8, 4) is 11.5 Å². The van der Waals surface area contributed by atoms with Crippen LogP contribution in [0.4, 0.5) is 5.69 Å². The molecule has 2 rings (SSSR count). The first-order valence-corrected chi connectivity index (χ1v) is 6.91. The number of rotatable bonds is 4. The van der Waals surface area contributed by atoms with E-state index in [1.54, 1.807) is 18.2 Å². The van der Waals surface area contributed by atoms with E-state index in [2.05, 4.69) is 21.2 Å². The minimum Gasteiger partial charge on any atom is -0.872 e. The summed E-state index contributed by atoms with van der Waals surface area (Å²) in [6, 6.07) is 8.27. The van der Waals surface area contributed by atoms with Crippen molar-refractivity contribution < 1.29 is 24.5 Å². The second kappa shape index (κ2) is 6.48. The molecular weight excluding hydrogens is 354 g/mol. The van der Waals surface area contributed by atoms with Gasteiger partial charge in [-0.2, -0.15) is 0 Å². The van der Waals surface area contributed by atoms with Crippen molar-refractivity contribution in [3.05, 3.63) is 52.0 Å². The molecule has 0 radical (unpaired) electrons. The summed E-state index contributed by atoms with van der Waals surface area (Å²) in [6.07, 6.45) is 0. The van der Waals surface area contributed by atoms with Crippen LogP contribution in [0, 0.1) is 0 Å². The number of benzene rings is 2. The number of halogens is 1. The second-order valence-electron chi connectivity index (χ2n) is 4.31. The number of nitrogens with one attached hydrogen (secondary N) is 1. The highest BCUT2D eigenvalue weighted by Gasteiger charge is 2.16. The minimum absolute atomic E-state index is 0.0409. The fraction of sp³-hybridized carbons (Fsp3) is 0.0667. The quantitative estimate of drug-likeness (QED) is 0.868. The lowest BCUT2D eigenvalue weighted by Gasteiger charge is -2.13. The maximum absolute atomic E-state index is 12.3. The first-order chi connectivity index (χ1) is 10.4. The van der Waals surface area contributed by atoms with E-state index >= 15 is 0 Å². The molecule has 0 unspecified atom stereocenters. The number of ether oxygens (including phenoxy) is 1. The molecule has 0 aliphatic carbocycles. The molecule has 0 heterocycles. The third-order valence-corrected chi connectivity index (χ3v) is 3.37. The number of anilines is 1. The van der Waals surface area contributed by atoms with Gasteiger partial charge in [0.1, 0.15) is 5.75 Å². The molecule has 2 aromatic carbocycles. The Labute approximate surface area is 134 Å². The summed E-state index contributed by atoms with van der Waals surface area (Å²) in [4.78, 5) is 23.5. The maximum Gasteiger partial charge on any atom is 0.337 e. The monoisotopic (exact) mass is 364 g/mol. The fourth-order valence-electron chi connectivity index (χ4n) is 1.86. The Hall–Kier alpha value is -2.54. The van der Waals surface area contributed by atoms with Crippen LogP contribution in [-0.2, 0) is 0 Å². The van der Waals surface area contributed by atoms with E-state index in [1.807, 2.05) is 0 Å². The SMILES string of the molecule is COc1ccc(Br)cc1C(=O)Nc1ccc([O-])cc1C(=O)O. The molecule has 6 nitrogen and oxygen atoms in total. The van der Waals surface area contributed by atoms with E-state index in [9.17, 15) is 14.7 Å². The van der Waals surface area contributed by atoms with E-state index in [0.717, 1.165) is 6.07 Å². The molecule has 0 aliphatic heterocycles. The van der Waals surface area contributed by atoms with Crippen LogP contribution in [0.1, 0.15) is 20.7 Å². The van der Waals surface area contributed by atoms with Crippen LogP contribution in [0.25, 0.3) is 0 Å². The van der Waals surface area contributed by atoms with Crippen molar-refractivity contribution in [3.63, 3.8) is 0 Å². The Balaban J connectivity index is 2.38. The van der Waals surface area contributed by atoms with Crippen LogP contribution < -0.4 is 15.2 Å². The maximum atomic E-state index is 12.3. The van der Waals surface area contributed by atoms with Crippen molar-refractivity contribution in [1.29, 1.82) is 0 Å². The molecule has 0 fully saturated rings. The zero-order chi connectivity index (χ0) is 16.3. The van der Waals surface area contributed by atoms with E-state index in [4.69, 9.17) is 9.84 Å². The summed E-state index contributed by atoms with van der Waals surface area (Å²) in [6.45, 7) is 0.